The minimum Gasteiger partial charge on any atom is -0.383 e. The van der Waals surface area contributed by atoms with Gasteiger partial charge in [0.2, 0.25) is 11.8 Å². The summed E-state index contributed by atoms with van der Waals surface area (Å²) >= 11 is 0. The average molecular weight is 402 g/mol. The Morgan fingerprint density at radius 2 is 1.97 bits per heavy atom. The van der Waals surface area contributed by atoms with Crippen LogP contribution in [0.2, 0.25) is 0 Å². The van der Waals surface area contributed by atoms with Gasteiger partial charge in [-0.1, -0.05) is 30.3 Å². The quantitative estimate of drug-likeness (QED) is 0.726. The number of benzene rings is 1. The first-order valence-corrected chi connectivity index (χ1v) is 10.6. The summed E-state index contributed by atoms with van der Waals surface area (Å²) in [5.41, 5.74) is 1.04. The topological polar surface area (TPSA) is 71.1 Å². The highest BCUT2D eigenvalue weighted by Crippen LogP contribution is 2.43. The fourth-order valence-electron chi connectivity index (χ4n) is 5.10. The van der Waals surface area contributed by atoms with Gasteiger partial charge in [-0.15, -0.1) is 0 Å². The third-order valence-corrected chi connectivity index (χ3v) is 6.46. The summed E-state index contributed by atoms with van der Waals surface area (Å²) in [6.07, 6.45) is 2.65. The lowest BCUT2D eigenvalue weighted by atomic mass is 9.92. The van der Waals surface area contributed by atoms with Crippen LogP contribution in [0.3, 0.4) is 0 Å². The van der Waals surface area contributed by atoms with Crippen LogP contribution in [0.1, 0.15) is 30.9 Å². The minimum atomic E-state index is -0.238. The monoisotopic (exact) mass is 401 g/mol. The van der Waals surface area contributed by atoms with Crippen LogP contribution >= 0.6 is 0 Å². The summed E-state index contributed by atoms with van der Waals surface area (Å²) < 4.78 is 10.6. The number of piperazine rings is 1. The van der Waals surface area contributed by atoms with Crippen LogP contribution in [0, 0.1) is 5.92 Å². The molecule has 3 saturated heterocycles. The van der Waals surface area contributed by atoms with Gasteiger partial charge in [-0.3, -0.25) is 14.5 Å². The van der Waals surface area contributed by atoms with Crippen molar-refractivity contribution in [2.45, 2.75) is 37.4 Å². The van der Waals surface area contributed by atoms with E-state index in [0.717, 1.165) is 38.2 Å². The molecule has 0 unspecified atom stereocenters. The molecule has 7 heteroatoms. The molecule has 3 aliphatic rings. The molecule has 7 nitrogen and oxygen atoms in total. The standard InChI is InChI=1S/C22H31N3O4/c1-28-12-9-23-22(27)19-13-18-14-24(17-7-10-29-11-8-17)15-20(26)25(18)21(19)16-5-3-2-4-6-16/h2-6,17-19,21H,7-15H2,1H3,(H,23,27)/t18-,19-,21-/m1/s1. The van der Waals surface area contributed by atoms with Gasteiger partial charge in [0.05, 0.1) is 25.1 Å². The Bertz CT molecular complexity index is 707. The molecule has 3 aliphatic heterocycles. The smallest absolute Gasteiger partial charge is 0.237 e. The maximum absolute atomic E-state index is 13.2. The maximum Gasteiger partial charge on any atom is 0.237 e. The molecule has 0 saturated carbocycles. The van der Waals surface area contributed by atoms with Crippen molar-refractivity contribution < 1.29 is 19.1 Å². The van der Waals surface area contributed by atoms with Gasteiger partial charge in [0.25, 0.3) is 0 Å². The number of amides is 2. The molecule has 0 aliphatic carbocycles. The van der Waals surface area contributed by atoms with Crippen molar-refractivity contribution in [3.8, 4) is 0 Å². The van der Waals surface area contributed by atoms with Crippen molar-refractivity contribution in [3.05, 3.63) is 35.9 Å². The minimum absolute atomic E-state index is 0.00993. The van der Waals surface area contributed by atoms with Crippen molar-refractivity contribution in [3.63, 3.8) is 0 Å². The van der Waals surface area contributed by atoms with E-state index in [1.807, 2.05) is 35.2 Å². The molecule has 0 radical (unpaired) electrons. The number of carbonyl (C=O) groups is 2. The summed E-state index contributed by atoms with van der Waals surface area (Å²) in [7, 11) is 1.62. The number of nitrogens with one attached hydrogen (secondary N) is 1. The average Bonchev–Trinajstić information content (AvgIpc) is 3.15. The Balaban J connectivity index is 1.55. The highest BCUT2D eigenvalue weighted by molar-refractivity contribution is 5.85. The van der Waals surface area contributed by atoms with E-state index in [0.29, 0.717) is 32.2 Å². The molecule has 1 N–H and O–H groups in total. The van der Waals surface area contributed by atoms with E-state index in [4.69, 9.17) is 9.47 Å². The highest BCUT2D eigenvalue weighted by atomic mass is 16.5. The Labute approximate surface area is 172 Å². The number of carbonyl (C=O) groups excluding carboxylic acids is 2. The van der Waals surface area contributed by atoms with E-state index in [-0.39, 0.29) is 29.8 Å². The van der Waals surface area contributed by atoms with Crippen LogP contribution in [-0.4, -0.2) is 80.3 Å². The molecule has 29 heavy (non-hydrogen) atoms. The first-order valence-electron chi connectivity index (χ1n) is 10.6. The number of ether oxygens (including phenoxy) is 2. The molecular weight excluding hydrogens is 370 g/mol. The molecule has 0 aromatic heterocycles. The Hall–Kier alpha value is -1.96. The van der Waals surface area contributed by atoms with Gasteiger partial charge >= 0.3 is 0 Å². The van der Waals surface area contributed by atoms with Crippen LogP contribution in [0.25, 0.3) is 0 Å². The summed E-state index contributed by atoms with van der Waals surface area (Å²) in [4.78, 5) is 30.6. The first kappa shape index (κ1) is 20.3. The fraction of sp³-hybridized carbons (Fsp3) is 0.636. The van der Waals surface area contributed by atoms with Gasteiger partial charge < -0.3 is 19.7 Å². The highest BCUT2D eigenvalue weighted by Gasteiger charge is 2.50. The summed E-state index contributed by atoms with van der Waals surface area (Å²) in [5.74, 6) is -0.0950. The van der Waals surface area contributed by atoms with E-state index in [1.165, 1.54) is 0 Å². The number of hydrogen-bond acceptors (Lipinski definition) is 5. The molecule has 1 aromatic carbocycles. The number of nitrogens with zero attached hydrogens (tertiary/aromatic N) is 2. The predicted molar refractivity (Wildman–Crippen MR) is 108 cm³/mol. The molecule has 3 atom stereocenters. The second-order valence-corrected chi connectivity index (χ2v) is 8.21. The van der Waals surface area contributed by atoms with Crippen LogP contribution in [-0.2, 0) is 19.1 Å². The molecule has 3 heterocycles. The van der Waals surface area contributed by atoms with Crippen molar-refractivity contribution in [1.29, 1.82) is 0 Å². The third kappa shape index (κ3) is 4.32. The van der Waals surface area contributed by atoms with E-state index >= 15 is 0 Å². The first-order chi connectivity index (χ1) is 14.2. The van der Waals surface area contributed by atoms with Crippen molar-refractivity contribution in [2.24, 2.45) is 5.92 Å². The second kappa shape index (κ2) is 9.24. The zero-order valence-corrected chi connectivity index (χ0v) is 17.1. The zero-order valence-electron chi connectivity index (χ0n) is 17.1. The molecule has 4 rings (SSSR count). The lowest BCUT2D eigenvalue weighted by Gasteiger charge is -2.44. The SMILES string of the molecule is COCCNC(=O)[C@@H]1C[C@@H]2CN(C3CCOCC3)CC(=O)N2[C@@H]1c1ccccc1. The summed E-state index contributed by atoms with van der Waals surface area (Å²) in [5, 5.41) is 2.99. The van der Waals surface area contributed by atoms with Gasteiger partial charge in [0.1, 0.15) is 0 Å². The van der Waals surface area contributed by atoms with Crippen LogP contribution in [0.15, 0.2) is 30.3 Å². The summed E-state index contributed by atoms with van der Waals surface area (Å²) in [6, 6.07) is 10.3. The molecule has 3 fully saturated rings. The van der Waals surface area contributed by atoms with Crippen molar-refractivity contribution in [1.82, 2.24) is 15.1 Å². The van der Waals surface area contributed by atoms with Crippen LogP contribution < -0.4 is 5.32 Å². The largest absolute Gasteiger partial charge is 0.383 e. The zero-order chi connectivity index (χ0) is 20.2. The number of fused-ring (bicyclic) bond motifs is 1. The van der Waals surface area contributed by atoms with Gasteiger partial charge in [0, 0.05) is 45.5 Å². The fourth-order valence-corrected chi connectivity index (χ4v) is 5.10. The normalized spacial score (nSPS) is 28.4. The van der Waals surface area contributed by atoms with Crippen LogP contribution in [0.5, 0.6) is 0 Å². The second-order valence-electron chi connectivity index (χ2n) is 8.21. The maximum atomic E-state index is 13.2. The van der Waals surface area contributed by atoms with E-state index in [1.54, 1.807) is 7.11 Å². The van der Waals surface area contributed by atoms with E-state index < -0.39 is 0 Å². The van der Waals surface area contributed by atoms with Crippen molar-refractivity contribution in [2.75, 3.05) is 46.6 Å². The van der Waals surface area contributed by atoms with Gasteiger partial charge in [-0.05, 0) is 24.8 Å². The van der Waals surface area contributed by atoms with Gasteiger partial charge in [-0.25, -0.2) is 0 Å². The molecule has 0 bridgehead atoms. The van der Waals surface area contributed by atoms with Gasteiger partial charge in [-0.2, -0.15) is 0 Å². The molecule has 158 valence electrons. The van der Waals surface area contributed by atoms with Gasteiger partial charge in [0.15, 0.2) is 0 Å². The number of hydrogen-bond donors (Lipinski definition) is 1. The van der Waals surface area contributed by atoms with E-state index in [9.17, 15) is 9.59 Å². The summed E-state index contributed by atoms with van der Waals surface area (Å²) in [6.45, 7) is 3.77. The Kier molecular flexibility index (Phi) is 6.47. The number of rotatable bonds is 6. The lowest BCUT2D eigenvalue weighted by molar-refractivity contribution is -0.143. The molecule has 1 aromatic rings. The van der Waals surface area contributed by atoms with E-state index in [2.05, 4.69) is 10.2 Å². The predicted octanol–water partition coefficient (Wildman–Crippen LogP) is 1.20. The van der Waals surface area contributed by atoms with Crippen LogP contribution in [0.4, 0.5) is 0 Å². The molecular formula is C22H31N3O4. The third-order valence-electron chi connectivity index (χ3n) is 6.46. The lowest BCUT2D eigenvalue weighted by Crippen LogP contribution is -2.57. The molecule has 0 spiro atoms. The Morgan fingerprint density at radius 1 is 1.21 bits per heavy atom. The number of methoxy groups -OCH3 is 1. The molecule has 2 amide bonds. The van der Waals surface area contributed by atoms with Crippen molar-refractivity contribution >= 4 is 11.8 Å². The Morgan fingerprint density at radius 3 is 2.69 bits per heavy atom.